The first-order valence-corrected chi connectivity index (χ1v) is 19.6. The van der Waals surface area contributed by atoms with Crippen LogP contribution in [0.25, 0.3) is 28.2 Å². The lowest BCUT2D eigenvalue weighted by molar-refractivity contribution is -0.112. The zero-order valence-electron chi connectivity index (χ0n) is 31.2. The van der Waals surface area contributed by atoms with E-state index in [1.165, 1.54) is 5.69 Å². The Bertz CT molecular complexity index is 1980. The third kappa shape index (κ3) is 9.27. The Kier molecular flexibility index (Phi) is 12.7. The van der Waals surface area contributed by atoms with Crippen LogP contribution in [0.5, 0.6) is 5.75 Å². The molecule has 0 fully saturated rings. The topological polar surface area (TPSA) is 86.4 Å². The number of hydrogen-bond acceptors (Lipinski definition) is 7. The van der Waals surface area contributed by atoms with Crippen LogP contribution in [0.2, 0.25) is 0 Å². The summed E-state index contributed by atoms with van der Waals surface area (Å²) in [7, 11) is 2.03. The molecule has 1 amide bonds. The molecule has 1 aliphatic heterocycles. The number of fused-ring (bicyclic) bond motifs is 2. The lowest BCUT2D eigenvalue weighted by Gasteiger charge is -2.27. The Balaban J connectivity index is 1.17. The molecule has 10 heteroatoms. The van der Waals surface area contributed by atoms with Gasteiger partial charge in [-0.3, -0.25) is 4.79 Å². The molecule has 2 aromatic heterocycles. The molecule has 6 rings (SSSR count). The van der Waals surface area contributed by atoms with Crippen LogP contribution in [0, 0.1) is 5.92 Å². The van der Waals surface area contributed by atoms with E-state index in [0.29, 0.717) is 25.6 Å². The van der Waals surface area contributed by atoms with Crippen molar-refractivity contribution in [1.82, 2.24) is 19.1 Å². The van der Waals surface area contributed by atoms with Gasteiger partial charge in [0.1, 0.15) is 12.4 Å². The number of hydrogen-bond donors (Lipinski definition) is 1. The number of imidazole rings is 2. The van der Waals surface area contributed by atoms with Gasteiger partial charge in [-0.15, -0.1) is 0 Å². The zero-order valence-corrected chi connectivity index (χ0v) is 32.0. The second-order valence-electron chi connectivity index (χ2n) is 13.8. The molecule has 0 unspecified atom stereocenters. The first-order chi connectivity index (χ1) is 25.3. The van der Waals surface area contributed by atoms with Crippen LogP contribution in [0.1, 0.15) is 64.6 Å². The SMILES string of the molecule is CCCCOCCOc1ccc(-c2ccc3c(c2)C=C(C(=O)Nc2ccc4nc(SCc5cncn5CCC)n(C)c4c2)CCN3CC(C)C)cc1. The number of amides is 1. The van der Waals surface area contributed by atoms with Crippen molar-refractivity contribution in [2.45, 2.75) is 70.8 Å². The van der Waals surface area contributed by atoms with E-state index >= 15 is 0 Å². The van der Waals surface area contributed by atoms with E-state index < -0.39 is 0 Å². The fourth-order valence-corrected chi connectivity index (χ4v) is 7.50. The van der Waals surface area contributed by atoms with Crippen LogP contribution in [0.15, 0.2) is 83.9 Å². The van der Waals surface area contributed by atoms with Crippen molar-refractivity contribution in [1.29, 1.82) is 0 Å². The minimum Gasteiger partial charge on any atom is -0.491 e. The number of aromatic nitrogens is 4. The largest absolute Gasteiger partial charge is 0.491 e. The van der Waals surface area contributed by atoms with Gasteiger partial charge in [-0.05, 0) is 90.4 Å². The number of carbonyl (C=O) groups excluding carboxylic acids is 1. The number of aryl methyl sites for hydroxylation is 2. The standard InChI is InChI=1S/C42H52N6O3S/c1-6-8-20-50-21-22-51-37-13-9-31(10-14-37)32-11-16-39-34(23-32)24-33(17-19-47(39)27-30(3)4)41(49)44-35-12-15-38-40(25-35)46(5)42(45-38)52-28-36-26-43-29-48(36)18-7-2/h9-16,23-26,29-30H,6-8,17-22,27-28H2,1-5H3,(H,44,49). The number of anilines is 2. The lowest BCUT2D eigenvalue weighted by atomic mass is 10.00. The first kappa shape index (κ1) is 37.2. The van der Waals surface area contributed by atoms with Gasteiger partial charge in [0.2, 0.25) is 0 Å². The van der Waals surface area contributed by atoms with E-state index in [1.807, 2.05) is 49.9 Å². The van der Waals surface area contributed by atoms with E-state index in [2.05, 4.69) is 88.4 Å². The Morgan fingerprint density at radius 3 is 2.60 bits per heavy atom. The van der Waals surface area contributed by atoms with Crippen molar-refractivity contribution in [3.63, 3.8) is 0 Å². The molecule has 52 heavy (non-hydrogen) atoms. The summed E-state index contributed by atoms with van der Waals surface area (Å²) in [4.78, 5) is 25.5. The Morgan fingerprint density at radius 2 is 1.81 bits per heavy atom. The minimum absolute atomic E-state index is 0.0803. The van der Waals surface area contributed by atoms with Crippen molar-refractivity contribution in [3.8, 4) is 16.9 Å². The molecule has 5 aromatic rings. The highest BCUT2D eigenvalue weighted by Crippen LogP contribution is 2.34. The monoisotopic (exact) mass is 720 g/mol. The summed E-state index contributed by atoms with van der Waals surface area (Å²) in [5, 5.41) is 4.14. The van der Waals surface area contributed by atoms with Gasteiger partial charge < -0.3 is 28.8 Å². The normalized spacial score (nSPS) is 13.0. The molecular weight excluding hydrogens is 669 g/mol. The van der Waals surface area contributed by atoms with E-state index in [-0.39, 0.29) is 5.91 Å². The highest BCUT2D eigenvalue weighted by Gasteiger charge is 2.21. The maximum atomic E-state index is 13.9. The van der Waals surface area contributed by atoms with Crippen LogP contribution in [-0.2, 0) is 28.9 Å². The highest BCUT2D eigenvalue weighted by molar-refractivity contribution is 7.98. The summed E-state index contributed by atoms with van der Waals surface area (Å²) < 4.78 is 15.8. The van der Waals surface area contributed by atoms with Gasteiger partial charge in [0.05, 0.1) is 24.0 Å². The average Bonchev–Trinajstić information content (AvgIpc) is 3.66. The Labute approximate surface area is 312 Å². The molecule has 0 saturated heterocycles. The van der Waals surface area contributed by atoms with Gasteiger partial charge in [0.25, 0.3) is 5.91 Å². The number of ether oxygens (including phenoxy) is 2. The van der Waals surface area contributed by atoms with Crippen molar-refractivity contribution >= 4 is 46.2 Å². The molecule has 1 aliphatic rings. The van der Waals surface area contributed by atoms with Crippen molar-refractivity contribution in [3.05, 3.63) is 90.0 Å². The number of carbonyl (C=O) groups is 1. The third-order valence-corrected chi connectivity index (χ3v) is 10.3. The average molecular weight is 721 g/mol. The predicted molar refractivity (Wildman–Crippen MR) is 214 cm³/mol. The van der Waals surface area contributed by atoms with Crippen LogP contribution in [-0.4, -0.2) is 57.9 Å². The van der Waals surface area contributed by atoms with E-state index in [1.54, 1.807) is 11.8 Å². The number of nitrogens with zero attached hydrogens (tertiary/aromatic N) is 5. The van der Waals surface area contributed by atoms with Gasteiger partial charge in [0, 0.05) is 67.9 Å². The minimum atomic E-state index is -0.0803. The number of unbranched alkanes of at least 4 members (excludes halogenated alkanes) is 1. The lowest BCUT2D eigenvalue weighted by Crippen LogP contribution is -2.29. The molecule has 0 bridgehead atoms. The fourth-order valence-electron chi connectivity index (χ4n) is 6.53. The third-order valence-electron chi connectivity index (χ3n) is 9.26. The predicted octanol–water partition coefficient (Wildman–Crippen LogP) is 9.22. The number of rotatable bonds is 17. The first-order valence-electron chi connectivity index (χ1n) is 18.6. The van der Waals surface area contributed by atoms with Crippen molar-refractivity contribution < 1.29 is 14.3 Å². The summed E-state index contributed by atoms with van der Waals surface area (Å²) in [6.07, 6.45) is 9.83. The summed E-state index contributed by atoms with van der Waals surface area (Å²) in [5.74, 6) is 2.03. The quantitative estimate of drug-likeness (QED) is 0.0757. The number of thioether (sulfide) groups is 1. The summed E-state index contributed by atoms with van der Waals surface area (Å²) in [5.41, 5.74) is 8.99. The molecule has 9 nitrogen and oxygen atoms in total. The molecule has 0 spiro atoms. The van der Waals surface area contributed by atoms with Gasteiger partial charge in [-0.25, -0.2) is 9.97 Å². The molecule has 3 heterocycles. The molecule has 0 atom stereocenters. The highest BCUT2D eigenvalue weighted by atomic mass is 32.2. The number of nitrogens with one attached hydrogen (secondary N) is 1. The molecule has 3 aromatic carbocycles. The second kappa shape index (κ2) is 17.8. The molecular formula is C42H52N6O3S. The zero-order chi connectivity index (χ0) is 36.5. The molecule has 0 aliphatic carbocycles. The molecule has 0 saturated carbocycles. The van der Waals surface area contributed by atoms with E-state index in [0.717, 1.165) is 107 Å². The maximum absolute atomic E-state index is 13.9. The molecule has 1 N–H and O–H groups in total. The summed E-state index contributed by atoms with van der Waals surface area (Å²) in [6.45, 7) is 13.4. The van der Waals surface area contributed by atoms with Gasteiger partial charge >= 0.3 is 0 Å². The Morgan fingerprint density at radius 1 is 0.981 bits per heavy atom. The van der Waals surface area contributed by atoms with Crippen LogP contribution in [0.3, 0.4) is 0 Å². The van der Waals surface area contributed by atoms with E-state index in [9.17, 15) is 4.79 Å². The second-order valence-corrected chi connectivity index (χ2v) is 14.8. The van der Waals surface area contributed by atoms with Gasteiger partial charge in [-0.1, -0.05) is 64.1 Å². The molecule has 0 radical (unpaired) electrons. The fraction of sp³-hybridized carbons (Fsp3) is 0.405. The van der Waals surface area contributed by atoms with Crippen LogP contribution < -0.4 is 15.0 Å². The Hall–Kier alpha value is -4.54. The van der Waals surface area contributed by atoms with Crippen LogP contribution >= 0.6 is 11.8 Å². The van der Waals surface area contributed by atoms with Gasteiger partial charge in [-0.2, -0.15) is 0 Å². The number of benzene rings is 3. The maximum Gasteiger partial charge on any atom is 0.251 e. The summed E-state index contributed by atoms with van der Waals surface area (Å²) in [6, 6.07) is 20.7. The smallest absolute Gasteiger partial charge is 0.251 e. The summed E-state index contributed by atoms with van der Waals surface area (Å²) >= 11 is 1.70. The van der Waals surface area contributed by atoms with Gasteiger partial charge in [0.15, 0.2) is 5.16 Å². The van der Waals surface area contributed by atoms with Crippen molar-refractivity contribution in [2.24, 2.45) is 13.0 Å². The van der Waals surface area contributed by atoms with Crippen LogP contribution in [0.4, 0.5) is 11.4 Å². The molecule has 274 valence electrons. The van der Waals surface area contributed by atoms with Crippen molar-refractivity contribution in [2.75, 3.05) is 43.1 Å². The van der Waals surface area contributed by atoms with E-state index in [4.69, 9.17) is 14.5 Å².